The molecule has 2 aliphatic rings. The molecule has 6 heteroatoms. The molecule has 0 radical (unpaired) electrons. The average Bonchev–Trinajstić information content (AvgIpc) is 3.29. The monoisotopic (exact) mass is 338 g/mol. The van der Waals surface area contributed by atoms with Gasteiger partial charge in [0.1, 0.15) is 6.10 Å². The van der Waals surface area contributed by atoms with Crippen LogP contribution in [-0.2, 0) is 22.5 Å². The number of carbonyl (C=O) groups is 1. The first-order valence-electron chi connectivity index (χ1n) is 8.77. The van der Waals surface area contributed by atoms with Gasteiger partial charge in [-0.15, -0.1) is 0 Å². The lowest BCUT2D eigenvalue weighted by Gasteiger charge is -2.21. The number of amides is 1. The fraction of sp³-hybridized carbons (Fsp3) is 0.421. The van der Waals surface area contributed by atoms with E-state index in [1.54, 1.807) is 0 Å². The summed E-state index contributed by atoms with van der Waals surface area (Å²) in [5, 5.41) is 14.3. The normalized spacial score (nSPS) is 22.0. The van der Waals surface area contributed by atoms with Crippen LogP contribution in [0.4, 0.5) is 0 Å². The van der Waals surface area contributed by atoms with E-state index >= 15 is 0 Å². The molecular formula is C19H22N4O2. The summed E-state index contributed by atoms with van der Waals surface area (Å²) < 4.78 is 0. The first kappa shape index (κ1) is 15.9. The molecule has 1 aliphatic carbocycles. The summed E-state index contributed by atoms with van der Waals surface area (Å²) in [7, 11) is 0. The Bertz CT molecular complexity index is 794. The molecule has 4 rings (SSSR count). The van der Waals surface area contributed by atoms with Gasteiger partial charge in [-0.1, -0.05) is 35.0 Å². The third-order valence-corrected chi connectivity index (χ3v) is 5.01. The van der Waals surface area contributed by atoms with Gasteiger partial charge in [-0.2, -0.15) is 5.10 Å². The molecule has 0 unspecified atom stereocenters. The van der Waals surface area contributed by atoms with E-state index in [-0.39, 0.29) is 17.9 Å². The number of aromatic amines is 1. The number of oxime groups is 1. The van der Waals surface area contributed by atoms with Gasteiger partial charge in [0.25, 0.3) is 0 Å². The van der Waals surface area contributed by atoms with Gasteiger partial charge in [0.05, 0.1) is 18.5 Å². The lowest BCUT2D eigenvalue weighted by atomic mass is 9.87. The van der Waals surface area contributed by atoms with Crippen molar-refractivity contribution in [3.8, 4) is 0 Å². The lowest BCUT2D eigenvalue weighted by Crippen LogP contribution is -2.38. The van der Waals surface area contributed by atoms with Gasteiger partial charge in [-0.3, -0.25) is 9.89 Å². The van der Waals surface area contributed by atoms with E-state index in [1.807, 2.05) is 6.20 Å². The van der Waals surface area contributed by atoms with Gasteiger partial charge in [0, 0.05) is 24.5 Å². The number of nitrogens with one attached hydrogen (secondary N) is 2. The number of rotatable bonds is 4. The van der Waals surface area contributed by atoms with E-state index in [2.05, 4.69) is 51.9 Å². The number of benzene rings is 1. The first-order chi connectivity index (χ1) is 12.2. The lowest BCUT2D eigenvalue weighted by molar-refractivity contribution is -0.125. The van der Waals surface area contributed by atoms with Crippen LogP contribution in [0.5, 0.6) is 0 Å². The van der Waals surface area contributed by atoms with Gasteiger partial charge in [0.15, 0.2) is 0 Å². The van der Waals surface area contributed by atoms with E-state index in [0.717, 1.165) is 42.7 Å². The number of H-pyrrole nitrogens is 1. The number of aromatic nitrogens is 2. The highest BCUT2D eigenvalue weighted by Crippen LogP contribution is 2.24. The van der Waals surface area contributed by atoms with E-state index < -0.39 is 0 Å². The fourth-order valence-corrected chi connectivity index (χ4v) is 3.45. The molecule has 25 heavy (non-hydrogen) atoms. The third kappa shape index (κ3) is 3.43. The maximum Gasteiger partial charge on any atom is 0.223 e. The molecule has 0 saturated heterocycles. The third-order valence-electron chi connectivity index (χ3n) is 5.01. The minimum atomic E-state index is -0.0911. The summed E-state index contributed by atoms with van der Waals surface area (Å²) in [6.45, 7) is 2.55. The summed E-state index contributed by atoms with van der Waals surface area (Å²) in [6, 6.07) is 8.25. The van der Waals surface area contributed by atoms with Crippen LogP contribution >= 0.6 is 0 Å². The largest absolute Gasteiger partial charge is 0.390 e. The van der Waals surface area contributed by atoms with Gasteiger partial charge in [-0.25, -0.2) is 0 Å². The number of hydrogen-bond acceptors (Lipinski definition) is 4. The fourth-order valence-electron chi connectivity index (χ4n) is 3.45. The molecule has 1 aromatic heterocycles. The van der Waals surface area contributed by atoms with Crippen LogP contribution in [0.1, 0.15) is 35.2 Å². The maximum absolute atomic E-state index is 12.4. The second-order valence-corrected chi connectivity index (χ2v) is 6.89. The predicted molar refractivity (Wildman–Crippen MR) is 94.3 cm³/mol. The van der Waals surface area contributed by atoms with E-state index in [9.17, 15) is 4.79 Å². The highest BCUT2D eigenvalue weighted by molar-refractivity contribution is 6.01. The second-order valence-electron chi connectivity index (χ2n) is 6.89. The zero-order chi connectivity index (χ0) is 17.2. The van der Waals surface area contributed by atoms with Crippen molar-refractivity contribution in [2.24, 2.45) is 11.1 Å². The van der Waals surface area contributed by atoms with Crippen molar-refractivity contribution in [2.75, 3.05) is 6.54 Å². The Kier molecular flexibility index (Phi) is 4.26. The number of fused-ring (bicyclic) bond motifs is 1. The molecule has 2 N–H and O–H groups in total. The molecular weight excluding hydrogens is 316 g/mol. The molecule has 1 aromatic carbocycles. The van der Waals surface area contributed by atoms with E-state index in [1.165, 1.54) is 11.1 Å². The van der Waals surface area contributed by atoms with Crippen LogP contribution in [0.15, 0.2) is 35.6 Å². The summed E-state index contributed by atoms with van der Waals surface area (Å²) in [5.41, 5.74) is 5.57. The van der Waals surface area contributed by atoms with Gasteiger partial charge in [0.2, 0.25) is 5.91 Å². The topological polar surface area (TPSA) is 79.4 Å². The van der Waals surface area contributed by atoms with Crippen molar-refractivity contribution in [2.45, 2.75) is 38.7 Å². The van der Waals surface area contributed by atoms with Gasteiger partial charge >= 0.3 is 0 Å². The zero-order valence-corrected chi connectivity index (χ0v) is 14.3. The van der Waals surface area contributed by atoms with Crippen molar-refractivity contribution in [1.82, 2.24) is 15.5 Å². The van der Waals surface area contributed by atoms with Crippen molar-refractivity contribution in [3.05, 3.63) is 52.8 Å². The second kappa shape index (κ2) is 6.70. The van der Waals surface area contributed by atoms with Crippen LogP contribution < -0.4 is 5.32 Å². The van der Waals surface area contributed by atoms with Crippen LogP contribution in [0.2, 0.25) is 0 Å². The Labute approximate surface area is 146 Å². The van der Waals surface area contributed by atoms with Crippen molar-refractivity contribution < 1.29 is 9.63 Å². The highest BCUT2D eigenvalue weighted by Gasteiger charge is 2.28. The van der Waals surface area contributed by atoms with Gasteiger partial charge < -0.3 is 10.2 Å². The molecule has 2 atom stereocenters. The molecule has 1 amide bonds. The number of hydrogen-bond donors (Lipinski definition) is 2. The van der Waals surface area contributed by atoms with E-state index in [4.69, 9.17) is 4.84 Å². The molecule has 0 bridgehead atoms. The maximum atomic E-state index is 12.4. The Morgan fingerprint density at radius 1 is 1.32 bits per heavy atom. The summed E-state index contributed by atoms with van der Waals surface area (Å²) in [4.78, 5) is 17.9. The first-order valence-corrected chi connectivity index (χ1v) is 8.77. The predicted octanol–water partition coefficient (Wildman–Crippen LogP) is 2.13. The molecule has 0 fully saturated rings. The van der Waals surface area contributed by atoms with Crippen molar-refractivity contribution in [1.29, 1.82) is 0 Å². The Balaban J connectivity index is 1.27. The smallest absolute Gasteiger partial charge is 0.223 e. The Morgan fingerprint density at radius 3 is 3.00 bits per heavy atom. The standard InChI is InChI=1S/C19H22N4O2/c1-12-2-4-13(5-3-12)18-9-16(25-23-18)11-20-19(24)14-6-7-15-10-21-22-17(15)8-14/h2-5,10,14,16H,6-9,11H2,1H3,(H,20,24)(H,21,22)/t14-,16+/m1/s1. The summed E-state index contributed by atoms with van der Waals surface area (Å²) in [5.74, 6) is 0.0967. The molecule has 2 heterocycles. The number of carbonyl (C=O) groups excluding carboxylic acids is 1. The minimum Gasteiger partial charge on any atom is -0.390 e. The molecule has 0 saturated carbocycles. The van der Waals surface area contributed by atoms with E-state index in [0.29, 0.717) is 6.54 Å². The summed E-state index contributed by atoms with van der Waals surface area (Å²) >= 11 is 0. The number of aryl methyl sites for hydroxylation is 2. The van der Waals surface area contributed by atoms with Crippen LogP contribution in [-0.4, -0.2) is 34.5 Å². The minimum absolute atomic E-state index is 0.00633. The Hall–Kier alpha value is -2.63. The number of nitrogens with zero attached hydrogens (tertiary/aromatic N) is 2. The summed E-state index contributed by atoms with van der Waals surface area (Å²) in [6.07, 6.45) is 5.00. The zero-order valence-electron chi connectivity index (χ0n) is 14.3. The SMILES string of the molecule is Cc1ccc(C2=NO[C@H](CNC(=O)[C@@H]3CCc4cn[nH]c4C3)C2)cc1. The van der Waals surface area contributed by atoms with Crippen LogP contribution in [0.3, 0.4) is 0 Å². The molecule has 130 valence electrons. The Morgan fingerprint density at radius 2 is 2.16 bits per heavy atom. The highest BCUT2D eigenvalue weighted by atomic mass is 16.6. The quantitative estimate of drug-likeness (QED) is 0.896. The van der Waals surface area contributed by atoms with Gasteiger partial charge in [-0.05, 0) is 30.9 Å². The molecule has 6 nitrogen and oxygen atoms in total. The van der Waals surface area contributed by atoms with Crippen LogP contribution in [0, 0.1) is 12.8 Å². The molecule has 2 aromatic rings. The van der Waals surface area contributed by atoms with Crippen molar-refractivity contribution in [3.63, 3.8) is 0 Å². The molecule has 0 spiro atoms. The van der Waals surface area contributed by atoms with Crippen molar-refractivity contribution >= 4 is 11.6 Å². The molecule has 1 aliphatic heterocycles. The average molecular weight is 338 g/mol. The van der Waals surface area contributed by atoms with Crippen LogP contribution in [0.25, 0.3) is 0 Å².